The second kappa shape index (κ2) is 6.61. The molecule has 1 aromatic carbocycles. The second-order valence-corrected chi connectivity index (χ2v) is 6.64. The highest BCUT2D eigenvalue weighted by molar-refractivity contribution is 5.69. The van der Waals surface area contributed by atoms with E-state index in [0.717, 1.165) is 32.5 Å². The van der Waals surface area contributed by atoms with Crippen LogP contribution in [-0.2, 0) is 6.54 Å². The number of hydrogen-bond acceptors (Lipinski definition) is 3. The molecule has 0 atom stereocenters. The largest absolute Gasteiger partial charge is 0.347 e. The van der Waals surface area contributed by atoms with Crippen molar-refractivity contribution < 1.29 is 0 Å². The Morgan fingerprint density at radius 2 is 1.96 bits per heavy atom. The minimum atomic E-state index is 0.556. The van der Waals surface area contributed by atoms with Crippen LogP contribution < -0.4 is 0 Å². The van der Waals surface area contributed by atoms with Gasteiger partial charge in [0.25, 0.3) is 0 Å². The molecular weight excluding hydrogens is 298 g/mol. The number of likely N-dealkylation sites (tertiary alicyclic amines) is 1. The molecule has 1 fully saturated rings. The van der Waals surface area contributed by atoms with Gasteiger partial charge < -0.3 is 4.98 Å². The number of rotatable bonds is 4. The maximum Gasteiger partial charge on any atom is 0.0922 e. The van der Waals surface area contributed by atoms with Crippen molar-refractivity contribution in [1.29, 1.82) is 0 Å². The van der Waals surface area contributed by atoms with E-state index in [9.17, 15) is 0 Å². The first-order chi connectivity index (χ1) is 11.8. The first-order valence-electron chi connectivity index (χ1n) is 8.60. The number of piperidine rings is 1. The summed E-state index contributed by atoms with van der Waals surface area (Å²) < 4.78 is 0. The number of aryl methyl sites for hydroxylation is 1. The van der Waals surface area contributed by atoms with Crippen LogP contribution >= 0.6 is 0 Å². The van der Waals surface area contributed by atoms with E-state index < -0.39 is 0 Å². The zero-order valence-electron chi connectivity index (χ0n) is 14.0. The topological polar surface area (TPSA) is 60.6 Å². The third-order valence-corrected chi connectivity index (χ3v) is 5.05. The lowest BCUT2D eigenvalue weighted by Gasteiger charge is -2.31. The highest BCUT2D eigenvalue weighted by Crippen LogP contribution is 2.35. The van der Waals surface area contributed by atoms with E-state index in [1.165, 1.54) is 28.1 Å². The van der Waals surface area contributed by atoms with Crippen LogP contribution in [0.2, 0.25) is 0 Å². The monoisotopic (exact) mass is 321 g/mol. The summed E-state index contributed by atoms with van der Waals surface area (Å²) in [5.41, 5.74) is 6.35. The summed E-state index contributed by atoms with van der Waals surface area (Å²) in [6.07, 6.45) is 7.97. The van der Waals surface area contributed by atoms with Crippen LogP contribution in [0.15, 0.2) is 43.0 Å². The van der Waals surface area contributed by atoms with Gasteiger partial charge in [-0.1, -0.05) is 24.3 Å². The van der Waals surface area contributed by atoms with Gasteiger partial charge >= 0.3 is 0 Å². The number of H-pyrrole nitrogens is 2. The van der Waals surface area contributed by atoms with E-state index in [1.54, 1.807) is 6.33 Å². The summed E-state index contributed by atoms with van der Waals surface area (Å²) in [7, 11) is 0. The van der Waals surface area contributed by atoms with Crippen molar-refractivity contribution in [3.05, 3.63) is 59.9 Å². The van der Waals surface area contributed by atoms with Crippen LogP contribution in [0.25, 0.3) is 11.1 Å². The molecule has 0 unspecified atom stereocenters. The predicted molar refractivity (Wildman–Crippen MR) is 94.6 cm³/mol. The van der Waals surface area contributed by atoms with E-state index >= 15 is 0 Å². The molecule has 24 heavy (non-hydrogen) atoms. The molecule has 3 heterocycles. The molecule has 0 amide bonds. The van der Waals surface area contributed by atoms with Crippen molar-refractivity contribution in [3.63, 3.8) is 0 Å². The standard InChI is InChI=1S/C19H23N5/c1-14-4-2-3-5-17(14)18-11-22-23-19(18)15-6-8-24(9-7-15)12-16-10-20-13-21-16/h2-5,10-11,13,15H,6-9,12H2,1H3,(H,20,21)(H,22,23). The molecule has 2 aromatic heterocycles. The molecule has 4 rings (SSSR count). The van der Waals surface area contributed by atoms with Crippen molar-refractivity contribution in [3.8, 4) is 11.1 Å². The van der Waals surface area contributed by atoms with Crippen molar-refractivity contribution >= 4 is 0 Å². The molecule has 1 aliphatic heterocycles. The number of nitrogens with zero attached hydrogens (tertiary/aromatic N) is 3. The van der Waals surface area contributed by atoms with E-state index in [2.05, 4.69) is 56.3 Å². The molecular formula is C19H23N5. The maximum absolute atomic E-state index is 4.34. The molecule has 0 spiro atoms. The third kappa shape index (κ3) is 2.99. The summed E-state index contributed by atoms with van der Waals surface area (Å²) >= 11 is 0. The van der Waals surface area contributed by atoms with Crippen LogP contribution in [-0.4, -0.2) is 38.2 Å². The molecule has 5 nitrogen and oxygen atoms in total. The Hall–Kier alpha value is -2.40. The number of aromatic nitrogens is 4. The van der Waals surface area contributed by atoms with Gasteiger partial charge in [-0.05, 0) is 44.0 Å². The Kier molecular flexibility index (Phi) is 4.17. The minimum absolute atomic E-state index is 0.556. The minimum Gasteiger partial charge on any atom is -0.347 e. The fraction of sp³-hybridized carbons (Fsp3) is 0.368. The van der Waals surface area contributed by atoms with Crippen molar-refractivity contribution in [2.45, 2.75) is 32.2 Å². The van der Waals surface area contributed by atoms with Gasteiger partial charge in [0.2, 0.25) is 0 Å². The van der Waals surface area contributed by atoms with Crippen molar-refractivity contribution in [2.75, 3.05) is 13.1 Å². The average Bonchev–Trinajstić information content (AvgIpc) is 3.28. The number of aromatic amines is 2. The van der Waals surface area contributed by atoms with Gasteiger partial charge in [-0.2, -0.15) is 5.10 Å². The van der Waals surface area contributed by atoms with Gasteiger partial charge in [0, 0.05) is 35.6 Å². The SMILES string of the molecule is Cc1ccccc1-c1cn[nH]c1C1CCN(Cc2cnc[nH]2)CC1. The van der Waals surface area contributed by atoms with Gasteiger partial charge in [0.1, 0.15) is 0 Å². The van der Waals surface area contributed by atoms with Crippen LogP contribution in [0.1, 0.15) is 35.7 Å². The molecule has 0 aliphatic carbocycles. The van der Waals surface area contributed by atoms with Crippen LogP contribution in [0.3, 0.4) is 0 Å². The molecule has 124 valence electrons. The fourth-order valence-corrected chi connectivity index (χ4v) is 3.69. The summed E-state index contributed by atoms with van der Waals surface area (Å²) in [6.45, 7) is 5.34. The Morgan fingerprint density at radius 3 is 2.71 bits per heavy atom. The molecule has 1 saturated heterocycles. The average molecular weight is 321 g/mol. The molecule has 0 radical (unpaired) electrons. The smallest absolute Gasteiger partial charge is 0.0922 e. The van der Waals surface area contributed by atoms with Gasteiger partial charge in [-0.25, -0.2) is 4.98 Å². The van der Waals surface area contributed by atoms with Gasteiger partial charge in [-0.3, -0.25) is 10.00 Å². The molecule has 3 aromatic rings. The second-order valence-electron chi connectivity index (χ2n) is 6.64. The zero-order chi connectivity index (χ0) is 16.4. The normalized spacial score (nSPS) is 16.5. The number of hydrogen-bond donors (Lipinski definition) is 2. The highest BCUT2D eigenvalue weighted by atomic mass is 15.1. The molecule has 0 bridgehead atoms. The van der Waals surface area contributed by atoms with Gasteiger partial charge in [0.15, 0.2) is 0 Å². The first-order valence-corrected chi connectivity index (χ1v) is 8.60. The number of nitrogens with one attached hydrogen (secondary N) is 2. The van der Waals surface area contributed by atoms with E-state index in [-0.39, 0.29) is 0 Å². The molecule has 1 aliphatic rings. The summed E-state index contributed by atoms with van der Waals surface area (Å²) in [4.78, 5) is 9.79. The molecule has 0 saturated carbocycles. The molecule has 2 N–H and O–H groups in total. The quantitative estimate of drug-likeness (QED) is 0.773. The number of benzene rings is 1. The van der Waals surface area contributed by atoms with Crippen LogP contribution in [0, 0.1) is 6.92 Å². The molecule has 5 heteroatoms. The van der Waals surface area contributed by atoms with Gasteiger partial charge in [0.05, 0.1) is 12.5 Å². The highest BCUT2D eigenvalue weighted by Gasteiger charge is 2.24. The van der Waals surface area contributed by atoms with E-state index in [4.69, 9.17) is 0 Å². The van der Waals surface area contributed by atoms with Crippen LogP contribution in [0.5, 0.6) is 0 Å². The first kappa shape index (κ1) is 15.1. The fourth-order valence-electron chi connectivity index (χ4n) is 3.69. The zero-order valence-corrected chi connectivity index (χ0v) is 14.0. The lowest BCUT2D eigenvalue weighted by atomic mass is 9.88. The number of imidazole rings is 1. The lowest BCUT2D eigenvalue weighted by molar-refractivity contribution is 0.201. The lowest BCUT2D eigenvalue weighted by Crippen LogP contribution is -2.32. The van der Waals surface area contributed by atoms with Gasteiger partial charge in [-0.15, -0.1) is 0 Å². The van der Waals surface area contributed by atoms with E-state index in [1.807, 2.05) is 12.4 Å². The third-order valence-electron chi connectivity index (χ3n) is 5.05. The van der Waals surface area contributed by atoms with Crippen molar-refractivity contribution in [2.24, 2.45) is 0 Å². The van der Waals surface area contributed by atoms with Crippen LogP contribution in [0.4, 0.5) is 0 Å². The Morgan fingerprint density at radius 1 is 1.12 bits per heavy atom. The summed E-state index contributed by atoms with van der Waals surface area (Å²) in [5.74, 6) is 0.556. The van der Waals surface area contributed by atoms with E-state index in [0.29, 0.717) is 5.92 Å². The Balaban J connectivity index is 1.47. The Labute approximate surface area is 142 Å². The predicted octanol–water partition coefficient (Wildman–Crippen LogP) is 3.49. The van der Waals surface area contributed by atoms with Crippen molar-refractivity contribution in [1.82, 2.24) is 25.1 Å². The maximum atomic E-state index is 4.34. The summed E-state index contributed by atoms with van der Waals surface area (Å²) in [6, 6.07) is 8.55. The summed E-state index contributed by atoms with van der Waals surface area (Å²) in [5, 5.41) is 7.62. The Bertz CT molecular complexity index is 782.